The van der Waals surface area contributed by atoms with Gasteiger partial charge in [0.15, 0.2) is 5.96 Å². The second-order valence-corrected chi connectivity index (χ2v) is 7.17. The molecule has 28 heavy (non-hydrogen) atoms. The van der Waals surface area contributed by atoms with Crippen molar-refractivity contribution in [3.8, 4) is 5.69 Å². The Bertz CT molecular complexity index is 698. The standard InChI is InChI=1S/C21H32N6.HI/c1-18-6-3-4-15-26(18)17-14-24-21(22-2)23-13-11-19-7-9-20(10-8-19)27-16-5-12-25-27;/h5,7-10,12,16,18H,3-4,6,11,13-15,17H2,1-2H3,(H2,22,23,24);1H. The Morgan fingerprint density at radius 2 is 1.96 bits per heavy atom. The average Bonchev–Trinajstić information content (AvgIpc) is 3.23. The van der Waals surface area contributed by atoms with Crippen LogP contribution in [0.4, 0.5) is 0 Å². The molecule has 1 saturated heterocycles. The Hall–Kier alpha value is -1.61. The maximum absolute atomic E-state index is 4.33. The summed E-state index contributed by atoms with van der Waals surface area (Å²) in [5.74, 6) is 0.882. The summed E-state index contributed by atoms with van der Waals surface area (Å²) in [4.78, 5) is 6.91. The maximum atomic E-state index is 4.33. The molecule has 2 N–H and O–H groups in total. The van der Waals surface area contributed by atoms with Gasteiger partial charge in [0.1, 0.15) is 0 Å². The number of likely N-dealkylation sites (tertiary alicyclic amines) is 1. The number of benzene rings is 1. The summed E-state index contributed by atoms with van der Waals surface area (Å²) in [6, 6.07) is 11.2. The van der Waals surface area contributed by atoms with Crippen LogP contribution < -0.4 is 10.6 Å². The van der Waals surface area contributed by atoms with Crippen LogP contribution in [0.5, 0.6) is 0 Å². The summed E-state index contributed by atoms with van der Waals surface area (Å²) in [6.07, 6.45) is 8.74. The van der Waals surface area contributed by atoms with Crippen LogP contribution >= 0.6 is 24.0 Å². The average molecular weight is 496 g/mol. The van der Waals surface area contributed by atoms with Crippen molar-refractivity contribution in [3.05, 3.63) is 48.3 Å². The Morgan fingerprint density at radius 3 is 2.64 bits per heavy atom. The van der Waals surface area contributed by atoms with Crippen molar-refractivity contribution in [2.45, 2.75) is 38.6 Å². The molecule has 0 bridgehead atoms. The van der Waals surface area contributed by atoms with Crippen LogP contribution in [-0.4, -0.2) is 59.9 Å². The predicted octanol–water partition coefficient (Wildman–Crippen LogP) is 3.07. The molecule has 154 valence electrons. The van der Waals surface area contributed by atoms with E-state index in [0.29, 0.717) is 6.04 Å². The lowest BCUT2D eigenvalue weighted by atomic mass is 10.0. The summed E-state index contributed by atoms with van der Waals surface area (Å²) >= 11 is 0. The number of nitrogens with one attached hydrogen (secondary N) is 2. The van der Waals surface area contributed by atoms with E-state index in [1.54, 1.807) is 6.20 Å². The molecule has 1 atom stereocenters. The Kier molecular flexibility index (Phi) is 9.77. The third kappa shape index (κ3) is 6.77. The highest BCUT2D eigenvalue weighted by Crippen LogP contribution is 2.15. The van der Waals surface area contributed by atoms with Gasteiger partial charge in [-0.15, -0.1) is 24.0 Å². The van der Waals surface area contributed by atoms with Crippen molar-refractivity contribution in [3.63, 3.8) is 0 Å². The van der Waals surface area contributed by atoms with E-state index in [0.717, 1.165) is 37.7 Å². The molecule has 1 aromatic carbocycles. The monoisotopic (exact) mass is 496 g/mol. The van der Waals surface area contributed by atoms with Crippen molar-refractivity contribution in [2.75, 3.05) is 33.2 Å². The van der Waals surface area contributed by atoms with Gasteiger partial charge in [-0.25, -0.2) is 4.68 Å². The predicted molar refractivity (Wildman–Crippen MR) is 127 cm³/mol. The third-order valence-corrected chi connectivity index (χ3v) is 5.27. The first-order chi connectivity index (χ1) is 13.3. The van der Waals surface area contributed by atoms with Crippen molar-refractivity contribution < 1.29 is 0 Å². The van der Waals surface area contributed by atoms with Gasteiger partial charge in [-0.2, -0.15) is 5.10 Å². The van der Waals surface area contributed by atoms with Gasteiger partial charge in [-0.1, -0.05) is 18.6 Å². The third-order valence-electron chi connectivity index (χ3n) is 5.27. The fraction of sp³-hybridized carbons (Fsp3) is 0.524. The second-order valence-electron chi connectivity index (χ2n) is 7.17. The van der Waals surface area contributed by atoms with E-state index in [4.69, 9.17) is 0 Å². The summed E-state index contributed by atoms with van der Waals surface area (Å²) in [5, 5.41) is 11.1. The lowest BCUT2D eigenvalue weighted by Crippen LogP contribution is -2.45. The van der Waals surface area contributed by atoms with E-state index in [9.17, 15) is 0 Å². The molecule has 1 unspecified atom stereocenters. The zero-order chi connectivity index (χ0) is 18.9. The summed E-state index contributed by atoms with van der Waals surface area (Å²) in [7, 11) is 1.83. The zero-order valence-corrected chi connectivity index (χ0v) is 19.3. The van der Waals surface area contributed by atoms with Crippen molar-refractivity contribution in [2.24, 2.45) is 4.99 Å². The topological polar surface area (TPSA) is 57.5 Å². The SMILES string of the molecule is CN=C(NCCc1ccc(-n2cccn2)cc1)NCCN1CCCCC1C.I. The second kappa shape index (κ2) is 12.1. The lowest BCUT2D eigenvalue weighted by Gasteiger charge is -2.33. The van der Waals surface area contributed by atoms with Gasteiger partial charge in [0.25, 0.3) is 0 Å². The number of aliphatic imine (C=N–C) groups is 1. The molecule has 1 aliphatic rings. The van der Waals surface area contributed by atoms with Crippen molar-refractivity contribution in [1.29, 1.82) is 0 Å². The van der Waals surface area contributed by atoms with Crippen molar-refractivity contribution in [1.82, 2.24) is 25.3 Å². The molecule has 2 heterocycles. The van der Waals surface area contributed by atoms with Crippen LogP contribution in [0.25, 0.3) is 5.69 Å². The van der Waals surface area contributed by atoms with E-state index in [-0.39, 0.29) is 24.0 Å². The minimum atomic E-state index is 0. The number of nitrogens with zero attached hydrogens (tertiary/aromatic N) is 4. The minimum absolute atomic E-state index is 0. The largest absolute Gasteiger partial charge is 0.356 e. The van der Waals surface area contributed by atoms with E-state index in [1.807, 2.05) is 24.0 Å². The Labute approximate surface area is 185 Å². The first-order valence-electron chi connectivity index (χ1n) is 10.0. The maximum Gasteiger partial charge on any atom is 0.191 e. The molecule has 6 nitrogen and oxygen atoms in total. The zero-order valence-electron chi connectivity index (χ0n) is 17.0. The van der Waals surface area contributed by atoms with Crippen molar-refractivity contribution >= 4 is 29.9 Å². The molecule has 0 amide bonds. The number of halogens is 1. The smallest absolute Gasteiger partial charge is 0.191 e. The number of rotatable bonds is 7. The van der Waals surface area contributed by atoms with Crippen LogP contribution in [-0.2, 0) is 6.42 Å². The van der Waals surface area contributed by atoms with Crippen LogP contribution in [0, 0.1) is 0 Å². The van der Waals surface area contributed by atoms with E-state index in [1.165, 1.54) is 31.4 Å². The normalized spacial score (nSPS) is 17.8. The molecule has 0 aliphatic carbocycles. The van der Waals surface area contributed by atoms with Crippen LogP contribution in [0.3, 0.4) is 0 Å². The Morgan fingerprint density at radius 1 is 1.18 bits per heavy atom. The van der Waals surface area contributed by atoms with Crippen LogP contribution in [0.1, 0.15) is 31.7 Å². The van der Waals surface area contributed by atoms with Crippen LogP contribution in [0.2, 0.25) is 0 Å². The molecule has 0 radical (unpaired) electrons. The molecule has 7 heteroatoms. The molecule has 1 aromatic heterocycles. The van der Waals surface area contributed by atoms with Gasteiger partial charge in [0, 0.05) is 45.1 Å². The quantitative estimate of drug-likeness (QED) is 0.352. The van der Waals surface area contributed by atoms with Gasteiger partial charge in [0.05, 0.1) is 5.69 Å². The highest BCUT2D eigenvalue weighted by molar-refractivity contribution is 14.0. The molecule has 1 aliphatic heterocycles. The number of hydrogen-bond acceptors (Lipinski definition) is 3. The Balaban J connectivity index is 0.00000280. The van der Waals surface area contributed by atoms with E-state index < -0.39 is 0 Å². The lowest BCUT2D eigenvalue weighted by molar-refractivity contribution is 0.163. The summed E-state index contributed by atoms with van der Waals surface area (Å²) in [5.41, 5.74) is 2.39. The fourth-order valence-electron chi connectivity index (χ4n) is 3.59. The highest BCUT2D eigenvalue weighted by Gasteiger charge is 2.17. The molecular formula is C21H33IN6. The molecule has 2 aromatic rings. The highest BCUT2D eigenvalue weighted by atomic mass is 127. The van der Waals surface area contributed by atoms with Gasteiger partial charge >= 0.3 is 0 Å². The van der Waals surface area contributed by atoms with Gasteiger partial charge in [0.2, 0.25) is 0 Å². The number of aromatic nitrogens is 2. The molecule has 1 fully saturated rings. The number of hydrogen-bond donors (Lipinski definition) is 2. The fourth-order valence-corrected chi connectivity index (χ4v) is 3.59. The van der Waals surface area contributed by atoms with Gasteiger partial charge in [-0.3, -0.25) is 9.89 Å². The number of piperidine rings is 1. The summed E-state index contributed by atoms with van der Waals surface area (Å²) in [6.45, 7) is 6.44. The molecule has 3 rings (SSSR count). The van der Waals surface area contributed by atoms with E-state index in [2.05, 4.69) is 56.8 Å². The van der Waals surface area contributed by atoms with E-state index >= 15 is 0 Å². The molecule has 0 saturated carbocycles. The molecular weight excluding hydrogens is 463 g/mol. The first kappa shape index (κ1) is 22.7. The minimum Gasteiger partial charge on any atom is -0.356 e. The van der Waals surface area contributed by atoms with Gasteiger partial charge in [-0.05, 0) is 56.5 Å². The summed E-state index contributed by atoms with van der Waals surface area (Å²) < 4.78 is 1.87. The number of guanidine groups is 1. The van der Waals surface area contributed by atoms with Crippen LogP contribution in [0.15, 0.2) is 47.7 Å². The molecule has 0 spiro atoms. The van der Waals surface area contributed by atoms with Gasteiger partial charge < -0.3 is 10.6 Å². The first-order valence-corrected chi connectivity index (χ1v) is 10.0.